The summed E-state index contributed by atoms with van der Waals surface area (Å²) in [5.41, 5.74) is 0.00775. The van der Waals surface area contributed by atoms with Crippen molar-refractivity contribution in [2.24, 2.45) is 11.8 Å². The van der Waals surface area contributed by atoms with Gasteiger partial charge in [0.25, 0.3) is 0 Å². The zero-order chi connectivity index (χ0) is 18.5. The number of likely N-dealkylation sites (tertiary alicyclic amines) is 1. The van der Waals surface area contributed by atoms with Crippen molar-refractivity contribution in [3.8, 4) is 0 Å². The van der Waals surface area contributed by atoms with E-state index in [-0.39, 0.29) is 17.9 Å². The Morgan fingerprint density at radius 2 is 2.35 bits per heavy atom. The zero-order valence-electron chi connectivity index (χ0n) is 15.2. The van der Waals surface area contributed by atoms with Crippen LogP contribution >= 0.6 is 0 Å². The van der Waals surface area contributed by atoms with Crippen LogP contribution in [0.5, 0.6) is 0 Å². The van der Waals surface area contributed by atoms with Crippen molar-refractivity contribution in [3.63, 3.8) is 0 Å². The van der Waals surface area contributed by atoms with E-state index in [2.05, 4.69) is 5.16 Å². The quantitative estimate of drug-likeness (QED) is 0.681. The van der Waals surface area contributed by atoms with Crippen LogP contribution in [0.2, 0.25) is 0 Å². The maximum atomic E-state index is 13.1. The summed E-state index contributed by atoms with van der Waals surface area (Å²) in [6.45, 7) is 3.59. The summed E-state index contributed by atoms with van der Waals surface area (Å²) in [4.78, 5) is 29.4. The van der Waals surface area contributed by atoms with Crippen LogP contribution in [0, 0.1) is 18.8 Å². The van der Waals surface area contributed by atoms with E-state index in [1.165, 1.54) is 0 Å². The van der Waals surface area contributed by atoms with Crippen molar-refractivity contribution in [1.82, 2.24) is 15.0 Å². The van der Waals surface area contributed by atoms with Crippen molar-refractivity contribution >= 4 is 11.8 Å². The Morgan fingerprint density at radius 3 is 3.04 bits per heavy atom. The highest BCUT2D eigenvalue weighted by Gasteiger charge is 2.66. The molecule has 0 aliphatic carbocycles. The molecule has 26 heavy (non-hydrogen) atoms. The van der Waals surface area contributed by atoms with Crippen LogP contribution in [0.3, 0.4) is 0 Å². The maximum absolute atomic E-state index is 13.1. The molecular formula is C18H23N3O5. The Balaban J connectivity index is 1.52. The first-order valence-electron chi connectivity index (χ1n) is 8.77. The second-order valence-corrected chi connectivity index (χ2v) is 7.28. The molecule has 8 heteroatoms. The minimum absolute atomic E-state index is 0.0297. The van der Waals surface area contributed by atoms with Gasteiger partial charge >= 0.3 is 0 Å². The van der Waals surface area contributed by atoms with Gasteiger partial charge in [0, 0.05) is 26.8 Å². The third kappa shape index (κ3) is 2.55. The van der Waals surface area contributed by atoms with Gasteiger partial charge in [0.2, 0.25) is 11.8 Å². The van der Waals surface area contributed by atoms with Crippen LogP contribution in [0.25, 0.3) is 0 Å². The molecule has 4 rings (SSSR count). The Morgan fingerprint density at radius 1 is 1.54 bits per heavy atom. The van der Waals surface area contributed by atoms with Crippen molar-refractivity contribution in [2.45, 2.75) is 25.2 Å². The average Bonchev–Trinajstić information content (AvgIpc) is 3.34. The summed E-state index contributed by atoms with van der Waals surface area (Å²) in [5.74, 6) is -0.404. The first-order chi connectivity index (χ1) is 12.4. The van der Waals surface area contributed by atoms with Gasteiger partial charge in [-0.25, -0.2) is 0 Å². The Labute approximate surface area is 151 Å². The smallest absolute Gasteiger partial charge is 0.230 e. The summed E-state index contributed by atoms with van der Waals surface area (Å²) < 4.78 is 16.3. The van der Waals surface area contributed by atoms with Crippen LogP contribution in [0.15, 0.2) is 22.7 Å². The van der Waals surface area contributed by atoms with Crippen LogP contribution in [-0.4, -0.2) is 72.3 Å². The second kappa shape index (κ2) is 6.21. The van der Waals surface area contributed by atoms with Crippen LogP contribution in [0.4, 0.5) is 0 Å². The summed E-state index contributed by atoms with van der Waals surface area (Å²) in [7, 11) is 3.32. The van der Waals surface area contributed by atoms with Gasteiger partial charge in [0.1, 0.15) is 17.1 Å². The molecular weight excluding hydrogens is 338 g/mol. The molecule has 0 radical (unpaired) electrons. The molecule has 1 aromatic heterocycles. The van der Waals surface area contributed by atoms with Gasteiger partial charge in [-0.3, -0.25) is 9.59 Å². The number of methoxy groups -OCH3 is 1. The summed E-state index contributed by atoms with van der Waals surface area (Å²) >= 11 is 0. The first kappa shape index (κ1) is 17.2. The third-order valence-electron chi connectivity index (χ3n) is 5.48. The van der Waals surface area contributed by atoms with Gasteiger partial charge in [-0.1, -0.05) is 17.3 Å². The fraction of sp³-hybridized carbons (Fsp3) is 0.611. The number of hydrogen-bond acceptors (Lipinski definition) is 6. The monoisotopic (exact) mass is 361 g/mol. The molecule has 2 saturated heterocycles. The predicted octanol–water partition coefficient (Wildman–Crippen LogP) is 0.370. The van der Waals surface area contributed by atoms with E-state index in [4.69, 9.17) is 14.0 Å². The number of ether oxygens (including phenoxy) is 2. The lowest BCUT2D eigenvalue weighted by Gasteiger charge is -2.27. The predicted molar refractivity (Wildman–Crippen MR) is 89.9 cm³/mol. The van der Waals surface area contributed by atoms with Gasteiger partial charge in [-0.05, 0) is 6.92 Å². The molecule has 2 unspecified atom stereocenters. The fourth-order valence-electron chi connectivity index (χ4n) is 4.32. The number of nitrogens with zero attached hydrogens (tertiary/aromatic N) is 3. The lowest BCUT2D eigenvalue weighted by atomic mass is 9.76. The van der Waals surface area contributed by atoms with Gasteiger partial charge in [-0.2, -0.15) is 0 Å². The van der Waals surface area contributed by atoms with E-state index in [1.54, 1.807) is 30.0 Å². The molecule has 2 amide bonds. The first-order valence-corrected chi connectivity index (χ1v) is 8.77. The Bertz CT molecular complexity index is 760. The lowest BCUT2D eigenvalue weighted by molar-refractivity contribution is -0.142. The van der Waals surface area contributed by atoms with E-state index in [0.717, 1.165) is 0 Å². The van der Waals surface area contributed by atoms with Gasteiger partial charge in [0.15, 0.2) is 0 Å². The highest BCUT2D eigenvalue weighted by atomic mass is 16.5. The summed E-state index contributed by atoms with van der Waals surface area (Å²) in [5, 5.41) is 3.94. The number of fused-ring (bicyclic) bond motifs is 1. The molecule has 3 aliphatic heterocycles. The van der Waals surface area contributed by atoms with E-state index in [9.17, 15) is 9.59 Å². The number of hydrogen-bond donors (Lipinski definition) is 0. The summed E-state index contributed by atoms with van der Waals surface area (Å²) in [6.07, 6.45) is 3.53. The van der Waals surface area contributed by atoms with Crippen LogP contribution in [-0.2, 0) is 25.6 Å². The van der Waals surface area contributed by atoms with Crippen LogP contribution < -0.4 is 0 Å². The maximum Gasteiger partial charge on any atom is 0.230 e. The van der Waals surface area contributed by atoms with E-state index in [1.807, 2.05) is 19.1 Å². The van der Waals surface area contributed by atoms with E-state index < -0.39 is 17.4 Å². The van der Waals surface area contributed by atoms with E-state index >= 15 is 0 Å². The minimum atomic E-state index is -0.679. The Hall–Kier alpha value is -2.19. The largest absolute Gasteiger partial charge is 0.383 e. The highest BCUT2D eigenvalue weighted by molar-refractivity contribution is 5.93. The van der Waals surface area contributed by atoms with Crippen molar-refractivity contribution in [1.29, 1.82) is 0 Å². The third-order valence-corrected chi connectivity index (χ3v) is 5.48. The van der Waals surface area contributed by atoms with Crippen molar-refractivity contribution < 1.29 is 23.6 Å². The SMILES string of the molecule is COCCN1C[C@@]23C=C[C@@H](O2)C(C(=O)N(C)Cc2cc(C)on2)C3C1=O. The normalized spacial score (nSPS) is 31.7. The molecule has 0 saturated carbocycles. The summed E-state index contributed by atoms with van der Waals surface area (Å²) in [6, 6.07) is 1.80. The van der Waals surface area contributed by atoms with Crippen molar-refractivity contribution in [2.75, 3.05) is 33.9 Å². The standard InChI is InChI=1S/C18H23N3O5/c1-11-8-12(19-26-11)9-20(2)16(22)14-13-4-5-18(25-13)10-21(6-7-24-3)17(23)15(14)18/h4-5,8,13-15H,6-7,9-10H2,1-3H3/t13-,14?,15?,18-/m1/s1. The highest BCUT2D eigenvalue weighted by Crippen LogP contribution is 2.52. The topological polar surface area (TPSA) is 85.1 Å². The molecule has 2 fully saturated rings. The molecule has 140 valence electrons. The minimum Gasteiger partial charge on any atom is -0.383 e. The van der Waals surface area contributed by atoms with E-state index in [0.29, 0.717) is 37.7 Å². The van der Waals surface area contributed by atoms with Gasteiger partial charge < -0.3 is 23.8 Å². The number of carbonyl (C=O) groups excluding carboxylic acids is 2. The molecule has 4 heterocycles. The molecule has 1 spiro atoms. The molecule has 2 bridgehead atoms. The molecule has 8 nitrogen and oxygen atoms in total. The lowest BCUT2D eigenvalue weighted by Crippen LogP contribution is -2.44. The molecule has 1 aromatic rings. The second-order valence-electron chi connectivity index (χ2n) is 7.28. The molecule has 0 aromatic carbocycles. The zero-order valence-corrected chi connectivity index (χ0v) is 15.2. The number of aryl methyl sites for hydroxylation is 1. The molecule has 3 aliphatic rings. The average molecular weight is 361 g/mol. The van der Waals surface area contributed by atoms with Gasteiger partial charge in [-0.15, -0.1) is 0 Å². The fourth-order valence-corrected chi connectivity index (χ4v) is 4.32. The molecule has 4 atom stereocenters. The van der Waals surface area contributed by atoms with Crippen molar-refractivity contribution in [3.05, 3.63) is 29.7 Å². The number of rotatable bonds is 6. The number of amides is 2. The van der Waals surface area contributed by atoms with Gasteiger partial charge in [0.05, 0.1) is 37.6 Å². The number of aromatic nitrogens is 1. The Kier molecular flexibility index (Phi) is 4.11. The number of carbonyl (C=O) groups is 2. The molecule has 0 N–H and O–H groups in total. The van der Waals surface area contributed by atoms with Crippen LogP contribution in [0.1, 0.15) is 11.5 Å².